The van der Waals surface area contributed by atoms with Crippen LogP contribution in [0.4, 0.5) is 0 Å². The summed E-state index contributed by atoms with van der Waals surface area (Å²) in [5.41, 5.74) is 4.88. The van der Waals surface area contributed by atoms with E-state index >= 15 is 0 Å². The minimum Gasteiger partial charge on any atom is -0.497 e. The lowest BCUT2D eigenvalue weighted by molar-refractivity contribution is 0.275. The van der Waals surface area contributed by atoms with E-state index in [9.17, 15) is 5.11 Å². The zero-order valence-electron chi connectivity index (χ0n) is 17.2. The van der Waals surface area contributed by atoms with E-state index in [1.165, 1.54) is 5.56 Å². The fourth-order valence-electron chi connectivity index (χ4n) is 3.51. The minimum absolute atomic E-state index is 0.0428. The van der Waals surface area contributed by atoms with E-state index in [2.05, 4.69) is 28.3 Å². The number of aliphatic hydroxyl groups excluding tert-OH is 1. The van der Waals surface area contributed by atoms with Crippen LogP contribution < -0.4 is 9.47 Å². The topological polar surface area (TPSA) is 69.4 Å². The Morgan fingerprint density at radius 3 is 2.57 bits per heavy atom. The Kier molecular flexibility index (Phi) is 5.95. The molecule has 0 bridgehead atoms. The lowest BCUT2D eigenvalue weighted by Crippen LogP contribution is -2.02. The Hall–Kier alpha value is -3.38. The van der Waals surface area contributed by atoms with Crippen molar-refractivity contribution in [3.8, 4) is 11.5 Å². The number of pyridine rings is 1. The highest BCUT2D eigenvalue weighted by molar-refractivity contribution is 5.85. The third-order valence-electron chi connectivity index (χ3n) is 5.14. The molecule has 0 aliphatic heterocycles. The van der Waals surface area contributed by atoms with Crippen molar-refractivity contribution >= 4 is 10.9 Å². The summed E-state index contributed by atoms with van der Waals surface area (Å²) in [5, 5.41) is 14.7. The Labute approximate surface area is 175 Å². The van der Waals surface area contributed by atoms with Crippen molar-refractivity contribution in [2.75, 3.05) is 7.11 Å². The molecule has 2 aromatic heterocycles. The number of rotatable bonds is 8. The maximum absolute atomic E-state index is 9.29. The number of hydrogen-bond donors (Lipinski definition) is 1. The molecule has 0 aliphatic rings. The summed E-state index contributed by atoms with van der Waals surface area (Å²) in [6.07, 6.45) is 3.45. The molecular weight excluding hydrogens is 378 g/mol. The van der Waals surface area contributed by atoms with E-state index in [4.69, 9.17) is 9.47 Å². The summed E-state index contributed by atoms with van der Waals surface area (Å²) in [6, 6.07) is 18.0. The third-order valence-corrected chi connectivity index (χ3v) is 5.14. The first kappa shape index (κ1) is 19.9. The highest BCUT2D eigenvalue weighted by atomic mass is 16.5. The van der Waals surface area contributed by atoms with Gasteiger partial charge in [0.1, 0.15) is 23.6 Å². The standard InChI is InChI=1S/C24H25N3O3/c1-27-21(14-20(15-28)26-27)8-5-18-12-19-4-3-11-25-24(19)23(13-18)30-16-17-6-9-22(29-2)10-7-17/h3-4,6-7,9-14,28H,5,8,15-16H2,1-2H3. The van der Waals surface area contributed by atoms with Crippen LogP contribution in [0.2, 0.25) is 0 Å². The average Bonchev–Trinajstić information content (AvgIpc) is 3.16. The molecule has 2 aromatic carbocycles. The summed E-state index contributed by atoms with van der Waals surface area (Å²) >= 11 is 0. The maximum Gasteiger partial charge on any atom is 0.146 e. The Morgan fingerprint density at radius 1 is 1.00 bits per heavy atom. The largest absolute Gasteiger partial charge is 0.497 e. The number of nitrogens with zero attached hydrogens (tertiary/aromatic N) is 3. The molecule has 4 aromatic rings. The van der Waals surface area contributed by atoms with Crippen molar-refractivity contribution in [1.29, 1.82) is 0 Å². The predicted molar refractivity (Wildman–Crippen MR) is 116 cm³/mol. The van der Waals surface area contributed by atoms with E-state index in [0.717, 1.165) is 46.5 Å². The zero-order chi connectivity index (χ0) is 20.9. The van der Waals surface area contributed by atoms with Crippen molar-refractivity contribution in [3.63, 3.8) is 0 Å². The van der Waals surface area contributed by atoms with Crippen LogP contribution >= 0.6 is 0 Å². The molecule has 30 heavy (non-hydrogen) atoms. The van der Waals surface area contributed by atoms with Crippen molar-refractivity contribution < 1.29 is 14.6 Å². The molecule has 4 rings (SSSR count). The van der Waals surface area contributed by atoms with Crippen molar-refractivity contribution in [1.82, 2.24) is 14.8 Å². The predicted octanol–water partition coefficient (Wildman–Crippen LogP) is 3.83. The summed E-state index contributed by atoms with van der Waals surface area (Å²) in [4.78, 5) is 4.52. The molecule has 0 atom stereocenters. The van der Waals surface area contributed by atoms with E-state index < -0.39 is 0 Å². The van der Waals surface area contributed by atoms with Gasteiger partial charge in [0.05, 0.1) is 19.4 Å². The van der Waals surface area contributed by atoms with Gasteiger partial charge in [-0.2, -0.15) is 5.10 Å². The second-order valence-electron chi connectivity index (χ2n) is 7.21. The number of aromatic nitrogens is 3. The zero-order valence-corrected chi connectivity index (χ0v) is 17.2. The molecular formula is C24H25N3O3. The Bertz CT molecular complexity index is 1140. The van der Waals surface area contributed by atoms with Crippen LogP contribution in [0.1, 0.15) is 22.5 Å². The van der Waals surface area contributed by atoms with Crippen LogP contribution in [0, 0.1) is 0 Å². The van der Waals surface area contributed by atoms with Gasteiger partial charge >= 0.3 is 0 Å². The molecule has 0 aliphatic carbocycles. The molecule has 0 spiro atoms. The summed E-state index contributed by atoms with van der Waals surface area (Å²) in [6.45, 7) is 0.416. The van der Waals surface area contributed by atoms with E-state index in [1.807, 2.05) is 48.1 Å². The number of ether oxygens (including phenoxy) is 2. The fraction of sp³-hybridized carbons (Fsp3) is 0.250. The number of fused-ring (bicyclic) bond motifs is 1. The molecule has 6 nitrogen and oxygen atoms in total. The van der Waals surface area contributed by atoms with Crippen LogP contribution in [-0.2, 0) is 33.1 Å². The molecule has 0 radical (unpaired) electrons. The van der Waals surface area contributed by atoms with Gasteiger partial charge in [-0.15, -0.1) is 0 Å². The first-order chi connectivity index (χ1) is 14.7. The van der Waals surface area contributed by atoms with Crippen molar-refractivity contribution in [3.05, 3.63) is 83.3 Å². The molecule has 0 saturated heterocycles. The summed E-state index contributed by atoms with van der Waals surface area (Å²) in [5.74, 6) is 1.60. The highest BCUT2D eigenvalue weighted by Gasteiger charge is 2.10. The Balaban J connectivity index is 1.54. The summed E-state index contributed by atoms with van der Waals surface area (Å²) in [7, 11) is 3.56. The van der Waals surface area contributed by atoms with Crippen LogP contribution in [0.3, 0.4) is 0 Å². The summed E-state index contributed by atoms with van der Waals surface area (Å²) < 4.78 is 13.2. The lowest BCUT2D eigenvalue weighted by Gasteiger charge is -2.12. The molecule has 0 unspecified atom stereocenters. The molecule has 0 fully saturated rings. The molecule has 2 heterocycles. The second-order valence-corrected chi connectivity index (χ2v) is 7.21. The van der Waals surface area contributed by atoms with Crippen LogP contribution in [0.5, 0.6) is 11.5 Å². The minimum atomic E-state index is -0.0428. The van der Waals surface area contributed by atoms with Gasteiger partial charge in [-0.25, -0.2) is 0 Å². The van der Waals surface area contributed by atoms with Crippen molar-refractivity contribution in [2.24, 2.45) is 7.05 Å². The van der Waals surface area contributed by atoms with Gasteiger partial charge in [0.25, 0.3) is 0 Å². The lowest BCUT2D eigenvalue weighted by atomic mass is 10.0. The number of aliphatic hydroxyl groups is 1. The van der Waals surface area contributed by atoms with Gasteiger partial charge in [0, 0.05) is 24.3 Å². The van der Waals surface area contributed by atoms with Gasteiger partial charge in [0.15, 0.2) is 0 Å². The number of methoxy groups -OCH3 is 1. The maximum atomic E-state index is 9.29. The van der Waals surface area contributed by atoms with Crippen LogP contribution in [-0.4, -0.2) is 27.0 Å². The number of benzene rings is 2. The van der Waals surface area contributed by atoms with Crippen LogP contribution in [0.25, 0.3) is 10.9 Å². The van der Waals surface area contributed by atoms with Gasteiger partial charge in [0.2, 0.25) is 0 Å². The molecule has 0 amide bonds. The quantitative estimate of drug-likeness (QED) is 0.484. The number of aryl methyl sites for hydroxylation is 3. The smallest absolute Gasteiger partial charge is 0.146 e. The molecule has 6 heteroatoms. The van der Waals surface area contributed by atoms with Gasteiger partial charge in [-0.1, -0.05) is 18.2 Å². The number of hydrogen-bond acceptors (Lipinski definition) is 5. The fourth-order valence-corrected chi connectivity index (χ4v) is 3.51. The monoisotopic (exact) mass is 403 g/mol. The Morgan fingerprint density at radius 2 is 1.83 bits per heavy atom. The van der Waals surface area contributed by atoms with Gasteiger partial charge in [-0.3, -0.25) is 9.67 Å². The van der Waals surface area contributed by atoms with E-state index in [1.54, 1.807) is 13.3 Å². The normalized spacial score (nSPS) is 11.0. The first-order valence-corrected chi connectivity index (χ1v) is 9.92. The first-order valence-electron chi connectivity index (χ1n) is 9.92. The average molecular weight is 403 g/mol. The third kappa shape index (κ3) is 4.44. The molecule has 1 N–H and O–H groups in total. The van der Waals surface area contributed by atoms with Crippen LogP contribution in [0.15, 0.2) is 60.8 Å². The van der Waals surface area contributed by atoms with Gasteiger partial charge in [-0.05, 0) is 60.4 Å². The van der Waals surface area contributed by atoms with E-state index in [-0.39, 0.29) is 6.61 Å². The molecule has 154 valence electrons. The second kappa shape index (κ2) is 8.97. The molecule has 0 saturated carbocycles. The van der Waals surface area contributed by atoms with Gasteiger partial charge < -0.3 is 14.6 Å². The highest BCUT2D eigenvalue weighted by Crippen LogP contribution is 2.27. The SMILES string of the molecule is COc1ccc(COc2cc(CCc3cc(CO)nn3C)cc3cccnc23)cc1. The van der Waals surface area contributed by atoms with E-state index in [0.29, 0.717) is 12.3 Å². The van der Waals surface area contributed by atoms with Crippen molar-refractivity contribution in [2.45, 2.75) is 26.1 Å².